The quantitative estimate of drug-likeness (QED) is 0.804. The monoisotopic (exact) mass is 244 g/mol. The van der Waals surface area contributed by atoms with Gasteiger partial charge in [0.05, 0.1) is 4.90 Å². The second kappa shape index (κ2) is 4.63. The highest BCUT2D eigenvalue weighted by Crippen LogP contribution is 2.14. The Morgan fingerprint density at radius 3 is 2.25 bits per heavy atom. The van der Waals surface area contributed by atoms with Crippen LogP contribution in [-0.2, 0) is 19.1 Å². The van der Waals surface area contributed by atoms with Crippen LogP contribution in [0.3, 0.4) is 0 Å². The molecule has 1 unspecified atom stereocenters. The van der Waals surface area contributed by atoms with E-state index in [1.54, 1.807) is 12.1 Å². The molecule has 0 saturated carbocycles. The lowest BCUT2D eigenvalue weighted by Crippen LogP contribution is -2.23. The molecular formula is C10H12O5S. The Kier molecular flexibility index (Phi) is 3.66. The SMILES string of the molecule is Cc1ccc(S(=O)(=O)OC(C)C(=O)O)cc1. The third-order valence-corrected chi connectivity index (χ3v) is 3.32. The van der Waals surface area contributed by atoms with Crippen LogP contribution in [-0.4, -0.2) is 25.6 Å². The van der Waals surface area contributed by atoms with E-state index in [2.05, 4.69) is 4.18 Å². The topological polar surface area (TPSA) is 80.7 Å². The summed E-state index contributed by atoms with van der Waals surface area (Å²) in [5, 5.41) is 8.55. The summed E-state index contributed by atoms with van der Waals surface area (Å²) in [5.74, 6) is -1.32. The van der Waals surface area contributed by atoms with Gasteiger partial charge in [-0.15, -0.1) is 0 Å². The first-order valence-electron chi connectivity index (χ1n) is 4.55. The van der Waals surface area contributed by atoms with Crippen LogP contribution in [0, 0.1) is 6.92 Å². The van der Waals surface area contributed by atoms with Gasteiger partial charge in [-0.05, 0) is 26.0 Å². The van der Waals surface area contributed by atoms with Crippen molar-refractivity contribution in [2.45, 2.75) is 24.8 Å². The van der Waals surface area contributed by atoms with E-state index in [0.29, 0.717) is 0 Å². The molecule has 0 aliphatic heterocycles. The van der Waals surface area contributed by atoms with Gasteiger partial charge in [0.2, 0.25) is 0 Å². The van der Waals surface area contributed by atoms with Crippen molar-refractivity contribution in [3.05, 3.63) is 29.8 Å². The Hall–Kier alpha value is -1.40. The van der Waals surface area contributed by atoms with E-state index in [1.807, 2.05) is 6.92 Å². The first-order valence-corrected chi connectivity index (χ1v) is 5.96. The standard InChI is InChI=1S/C10H12O5S/c1-7-3-5-9(6-4-7)16(13,14)15-8(2)10(11)12/h3-6,8H,1-2H3,(H,11,12). The summed E-state index contributed by atoms with van der Waals surface area (Å²) < 4.78 is 27.6. The highest BCUT2D eigenvalue weighted by Gasteiger charge is 2.22. The summed E-state index contributed by atoms with van der Waals surface area (Å²) in [6, 6.07) is 5.97. The first-order chi connectivity index (χ1) is 7.33. The number of carboxylic acid groups (broad SMARTS) is 1. The molecule has 0 amide bonds. The predicted octanol–water partition coefficient (Wildman–Crippen LogP) is 1.17. The molecule has 0 heterocycles. The highest BCUT2D eigenvalue weighted by molar-refractivity contribution is 7.86. The van der Waals surface area contributed by atoms with Crippen molar-refractivity contribution >= 4 is 16.1 Å². The third-order valence-electron chi connectivity index (χ3n) is 1.93. The van der Waals surface area contributed by atoms with Crippen LogP contribution in [0.4, 0.5) is 0 Å². The lowest BCUT2D eigenvalue weighted by molar-refractivity contribution is -0.144. The maximum atomic E-state index is 11.6. The minimum absolute atomic E-state index is 0.0498. The summed E-state index contributed by atoms with van der Waals surface area (Å²) in [7, 11) is -4.00. The van der Waals surface area contributed by atoms with Crippen LogP contribution >= 0.6 is 0 Å². The molecule has 1 N–H and O–H groups in total. The average molecular weight is 244 g/mol. The lowest BCUT2D eigenvalue weighted by atomic mass is 10.2. The molecule has 1 rings (SSSR count). The Morgan fingerprint density at radius 2 is 1.81 bits per heavy atom. The largest absolute Gasteiger partial charge is 0.479 e. The van der Waals surface area contributed by atoms with Gasteiger partial charge in [0.25, 0.3) is 10.1 Å². The van der Waals surface area contributed by atoms with Crippen molar-refractivity contribution in [2.75, 3.05) is 0 Å². The number of hydrogen-bond donors (Lipinski definition) is 1. The molecule has 1 atom stereocenters. The van der Waals surface area contributed by atoms with Crippen molar-refractivity contribution in [1.82, 2.24) is 0 Å². The minimum atomic E-state index is -4.00. The Balaban J connectivity index is 2.94. The van der Waals surface area contributed by atoms with E-state index >= 15 is 0 Å². The zero-order chi connectivity index (χ0) is 12.3. The number of rotatable bonds is 4. The first kappa shape index (κ1) is 12.7. The van der Waals surface area contributed by atoms with Crippen molar-refractivity contribution in [1.29, 1.82) is 0 Å². The summed E-state index contributed by atoms with van der Waals surface area (Å²) in [6.07, 6.45) is -1.40. The van der Waals surface area contributed by atoms with Crippen molar-refractivity contribution < 1.29 is 22.5 Å². The predicted molar refractivity (Wildman–Crippen MR) is 56.5 cm³/mol. The molecule has 0 fully saturated rings. The molecule has 0 saturated heterocycles. The Bertz CT molecular complexity index is 474. The number of hydrogen-bond acceptors (Lipinski definition) is 4. The Morgan fingerprint density at radius 1 is 1.31 bits per heavy atom. The fourth-order valence-electron chi connectivity index (χ4n) is 0.992. The third kappa shape index (κ3) is 3.04. The normalized spacial score (nSPS) is 13.4. The van der Waals surface area contributed by atoms with Gasteiger partial charge in [0.15, 0.2) is 6.10 Å². The molecule has 1 aromatic rings. The number of aryl methyl sites for hydroxylation is 1. The molecule has 0 spiro atoms. The van der Waals surface area contributed by atoms with Crippen molar-refractivity contribution in [3.8, 4) is 0 Å². The van der Waals surface area contributed by atoms with Crippen LogP contribution in [0.15, 0.2) is 29.2 Å². The second-order valence-corrected chi connectivity index (χ2v) is 4.92. The zero-order valence-electron chi connectivity index (χ0n) is 8.88. The molecular weight excluding hydrogens is 232 g/mol. The van der Waals surface area contributed by atoms with Gasteiger partial charge >= 0.3 is 5.97 Å². The summed E-state index contributed by atoms with van der Waals surface area (Å²) in [5.41, 5.74) is 0.908. The summed E-state index contributed by atoms with van der Waals surface area (Å²) in [4.78, 5) is 10.4. The summed E-state index contributed by atoms with van der Waals surface area (Å²) >= 11 is 0. The number of carbonyl (C=O) groups is 1. The van der Waals surface area contributed by atoms with E-state index in [1.165, 1.54) is 12.1 Å². The number of aliphatic carboxylic acids is 1. The minimum Gasteiger partial charge on any atom is -0.479 e. The lowest BCUT2D eigenvalue weighted by Gasteiger charge is -2.08. The van der Waals surface area contributed by atoms with Gasteiger partial charge in [0, 0.05) is 0 Å². The Labute approximate surface area is 93.8 Å². The van der Waals surface area contributed by atoms with Crippen molar-refractivity contribution in [3.63, 3.8) is 0 Å². The van der Waals surface area contributed by atoms with E-state index in [0.717, 1.165) is 12.5 Å². The number of benzene rings is 1. The van der Waals surface area contributed by atoms with E-state index < -0.39 is 22.2 Å². The molecule has 0 radical (unpaired) electrons. The maximum Gasteiger partial charge on any atom is 0.334 e. The maximum absolute atomic E-state index is 11.6. The second-order valence-electron chi connectivity index (χ2n) is 3.34. The molecule has 16 heavy (non-hydrogen) atoms. The van der Waals surface area contributed by atoms with Crippen LogP contribution < -0.4 is 0 Å². The fourth-order valence-corrected chi connectivity index (χ4v) is 2.03. The molecule has 0 bridgehead atoms. The van der Waals surface area contributed by atoms with Gasteiger partial charge in [-0.3, -0.25) is 4.18 Å². The van der Waals surface area contributed by atoms with Crippen LogP contribution in [0.1, 0.15) is 12.5 Å². The molecule has 0 aliphatic rings. The van der Waals surface area contributed by atoms with Crippen molar-refractivity contribution in [2.24, 2.45) is 0 Å². The average Bonchev–Trinajstić information content (AvgIpc) is 2.17. The van der Waals surface area contributed by atoms with Gasteiger partial charge < -0.3 is 5.11 Å². The smallest absolute Gasteiger partial charge is 0.334 e. The molecule has 88 valence electrons. The molecule has 5 nitrogen and oxygen atoms in total. The van der Waals surface area contributed by atoms with E-state index in [-0.39, 0.29) is 4.90 Å². The molecule has 6 heteroatoms. The van der Waals surface area contributed by atoms with E-state index in [4.69, 9.17) is 5.11 Å². The van der Waals surface area contributed by atoms with E-state index in [9.17, 15) is 13.2 Å². The van der Waals surface area contributed by atoms with Gasteiger partial charge in [-0.2, -0.15) is 8.42 Å². The van der Waals surface area contributed by atoms with Crippen LogP contribution in [0.2, 0.25) is 0 Å². The zero-order valence-corrected chi connectivity index (χ0v) is 9.69. The van der Waals surface area contributed by atoms with Crippen LogP contribution in [0.5, 0.6) is 0 Å². The van der Waals surface area contributed by atoms with Crippen LogP contribution in [0.25, 0.3) is 0 Å². The summed E-state index contributed by atoms with van der Waals surface area (Å²) in [6.45, 7) is 2.98. The van der Waals surface area contributed by atoms with Gasteiger partial charge in [-0.1, -0.05) is 17.7 Å². The highest BCUT2D eigenvalue weighted by atomic mass is 32.2. The van der Waals surface area contributed by atoms with Gasteiger partial charge in [-0.25, -0.2) is 4.79 Å². The van der Waals surface area contributed by atoms with Gasteiger partial charge in [0.1, 0.15) is 0 Å². The number of carboxylic acids is 1. The molecule has 0 aromatic heterocycles. The molecule has 1 aromatic carbocycles. The fraction of sp³-hybridized carbons (Fsp3) is 0.300. The molecule has 0 aliphatic carbocycles.